The van der Waals surface area contributed by atoms with E-state index < -0.39 is 0 Å². The molecular weight excluding hydrogens is 216 g/mol. The molecule has 1 aromatic heterocycles. The molecule has 1 amide bonds. The van der Waals surface area contributed by atoms with Crippen LogP contribution in [0.4, 0.5) is 0 Å². The predicted octanol–water partition coefficient (Wildman–Crippen LogP) is 2.16. The Hall–Kier alpha value is -1.84. The predicted molar refractivity (Wildman–Crippen MR) is 63.6 cm³/mol. The first-order valence-corrected chi connectivity index (χ1v) is 5.86. The van der Waals surface area contributed by atoms with E-state index >= 15 is 0 Å². The first-order chi connectivity index (χ1) is 8.25. The lowest BCUT2D eigenvalue weighted by molar-refractivity contribution is -0.134. The van der Waals surface area contributed by atoms with E-state index in [2.05, 4.69) is 4.98 Å². The molecule has 1 atom stereocenters. The van der Waals surface area contributed by atoms with E-state index in [1.165, 1.54) is 0 Å². The minimum Gasteiger partial charge on any atom is -0.440 e. The van der Waals surface area contributed by atoms with Gasteiger partial charge in [0.2, 0.25) is 11.8 Å². The Morgan fingerprint density at radius 2 is 2.24 bits per heavy atom. The van der Waals surface area contributed by atoms with Crippen molar-refractivity contribution < 1.29 is 9.21 Å². The van der Waals surface area contributed by atoms with Crippen molar-refractivity contribution in [1.29, 1.82) is 0 Å². The van der Waals surface area contributed by atoms with Crippen LogP contribution in [-0.4, -0.2) is 29.4 Å². The summed E-state index contributed by atoms with van der Waals surface area (Å²) in [6, 6.07) is 7.61. The van der Waals surface area contributed by atoms with Crippen molar-refractivity contribution in [2.75, 3.05) is 13.6 Å². The van der Waals surface area contributed by atoms with Crippen LogP contribution in [0.25, 0.3) is 11.1 Å². The molecule has 17 heavy (non-hydrogen) atoms. The van der Waals surface area contributed by atoms with Gasteiger partial charge < -0.3 is 9.32 Å². The van der Waals surface area contributed by atoms with Crippen LogP contribution in [0.3, 0.4) is 0 Å². The van der Waals surface area contributed by atoms with Crippen molar-refractivity contribution in [3.05, 3.63) is 30.2 Å². The number of nitrogens with zero attached hydrogens (tertiary/aromatic N) is 2. The van der Waals surface area contributed by atoms with Gasteiger partial charge in [-0.05, 0) is 25.0 Å². The molecule has 0 bridgehead atoms. The zero-order valence-electron chi connectivity index (χ0n) is 9.72. The van der Waals surface area contributed by atoms with Crippen LogP contribution in [0.5, 0.6) is 0 Å². The largest absolute Gasteiger partial charge is 0.440 e. The molecule has 1 fully saturated rings. The maximum absolute atomic E-state index is 12.0. The van der Waals surface area contributed by atoms with Gasteiger partial charge in [-0.3, -0.25) is 4.79 Å². The number of carbonyl (C=O) groups is 1. The molecule has 3 rings (SSSR count). The van der Waals surface area contributed by atoms with Crippen LogP contribution in [0, 0.1) is 0 Å². The van der Waals surface area contributed by atoms with Crippen molar-refractivity contribution in [2.24, 2.45) is 0 Å². The summed E-state index contributed by atoms with van der Waals surface area (Å²) in [5, 5.41) is 0. The SMILES string of the molecule is CN1CCCC(c2nc3ccccc3o2)C1=O. The Morgan fingerprint density at radius 3 is 3.06 bits per heavy atom. The van der Waals surface area contributed by atoms with Gasteiger partial charge in [0, 0.05) is 13.6 Å². The fraction of sp³-hybridized carbons (Fsp3) is 0.385. The summed E-state index contributed by atoms with van der Waals surface area (Å²) in [7, 11) is 1.83. The third kappa shape index (κ3) is 1.69. The number of hydrogen-bond donors (Lipinski definition) is 0. The topological polar surface area (TPSA) is 46.3 Å². The van der Waals surface area contributed by atoms with E-state index in [1.807, 2.05) is 31.3 Å². The molecule has 0 spiro atoms. The highest BCUT2D eigenvalue weighted by molar-refractivity contribution is 5.84. The lowest BCUT2D eigenvalue weighted by atomic mass is 9.97. The van der Waals surface area contributed by atoms with Gasteiger partial charge in [0.05, 0.1) is 0 Å². The average Bonchev–Trinajstić information content (AvgIpc) is 2.76. The molecule has 4 heteroatoms. The fourth-order valence-corrected chi connectivity index (χ4v) is 2.30. The second-order valence-corrected chi connectivity index (χ2v) is 4.47. The Morgan fingerprint density at radius 1 is 1.41 bits per heavy atom. The van der Waals surface area contributed by atoms with Crippen molar-refractivity contribution in [3.63, 3.8) is 0 Å². The minimum atomic E-state index is -0.207. The number of para-hydroxylation sites is 2. The van der Waals surface area contributed by atoms with Gasteiger partial charge in [0.25, 0.3) is 0 Å². The molecule has 0 radical (unpaired) electrons. The summed E-state index contributed by atoms with van der Waals surface area (Å²) in [5.74, 6) is 0.465. The van der Waals surface area contributed by atoms with Crippen LogP contribution >= 0.6 is 0 Å². The number of hydrogen-bond acceptors (Lipinski definition) is 3. The Kier molecular flexibility index (Phi) is 2.35. The molecule has 1 unspecified atom stereocenters. The molecule has 1 aromatic carbocycles. The van der Waals surface area contributed by atoms with Gasteiger partial charge in [0.15, 0.2) is 5.58 Å². The number of piperidine rings is 1. The summed E-state index contributed by atoms with van der Waals surface area (Å²) in [6.45, 7) is 0.829. The molecule has 0 N–H and O–H groups in total. The van der Waals surface area contributed by atoms with E-state index in [1.54, 1.807) is 4.90 Å². The second kappa shape index (κ2) is 3.87. The highest BCUT2D eigenvalue weighted by Crippen LogP contribution is 2.29. The van der Waals surface area contributed by atoms with E-state index in [0.29, 0.717) is 5.89 Å². The lowest BCUT2D eigenvalue weighted by Crippen LogP contribution is -2.37. The number of carbonyl (C=O) groups excluding carboxylic acids is 1. The highest BCUT2D eigenvalue weighted by atomic mass is 16.3. The summed E-state index contributed by atoms with van der Waals surface area (Å²) < 4.78 is 5.67. The maximum atomic E-state index is 12.0. The van der Waals surface area contributed by atoms with Gasteiger partial charge in [-0.1, -0.05) is 12.1 Å². The molecule has 0 saturated carbocycles. The molecule has 2 heterocycles. The zero-order valence-corrected chi connectivity index (χ0v) is 9.72. The molecule has 1 aliphatic rings. The van der Waals surface area contributed by atoms with Gasteiger partial charge in [-0.25, -0.2) is 4.98 Å². The van der Waals surface area contributed by atoms with Crippen LogP contribution in [0.2, 0.25) is 0 Å². The Balaban J connectivity index is 2.00. The van der Waals surface area contributed by atoms with Crippen LogP contribution in [-0.2, 0) is 4.79 Å². The summed E-state index contributed by atoms with van der Waals surface area (Å²) in [6.07, 6.45) is 1.83. The highest BCUT2D eigenvalue weighted by Gasteiger charge is 2.31. The maximum Gasteiger partial charge on any atom is 0.234 e. The quantitative estimate of drug-likeness (QED) is 0.754. The van der Waals surface area contributed by atoms with Crippen molar-refractivity contribution in [1.82, 2.24) is 9.88 Å². The molecule has 88 valence electrons. The molecule has 2 aromatic rings. The number of likely N-dealkylation sites (N-methyl/N-ethyl adjacent to an activating group) is 1. The first-order valence-electron chi connectivity index (χ1n) is 5.86. The second-order valence-electron chi connectivity index (χ2n) is 4.47. The third-order valence-electron chi connectivity index (χ3n) is 3.27. The number of amides is 1. The molecule has 0 aliphatic carbocycles. The lowest BCUT2D eigenvalue weighted by Gasteiger charge is -2.27. The third-order valence-corrected chi connectivity index (χ3v) is 3.27. The van der Waals surface area contributed by atoms with Gasteiger partial charge in [-0.15, -0.1) is 0 Å². The summed E-state index contributed by atoms with van der Waals surface area (Å²) in [4.78, 5) is 18.2. The minimum absolute atomic E-state index is 0.114. The number of oxazole rings is 1. The molecule has 1 aliphatic heterocycles. The number of aromatic nitrogens is 1. The number of fused-ring (bicyclic) bond motifs is 1. The van der Waals surface area contributed by atoms with Gasteiger partial charge in [0.1, 0.15) is 11.4 Å². The average molecular weight is 230 g/mol. The monoisotopic (exact) mass is 230 g/mol. The molecule has 4 nitrogen and oxygen atoms in total. The molecular formula is C13H14N2O2. The number of rotatable bonds is 1. The zero-order chi connectivity index (χ0) is 11.8. The Labute approximate surface area is 99.2 Å². The summed E-state index contributed by atoms with van der Waals surface area (Å²) >= 11 is 0. The van der Waals surface area contributed by atoms with E-state index in [-0.39, 0.29) is 11.8 Å². The van der Waals surface area contributed by atoms with E-state index in [0.717, 1.165) is 30.5 Å². The van der Waals surface area contributed by atoms with Crippen molar-refractivity contribution >= 4 is 17.0 Å². The summed E-state index contributed by atoms with van der Waals surface area (Å²) in [5.41, 5.74) is 1.58. The van der Waals surface area contributed by atoms with Crippen LogP contribution < -0.4 is 0 Å². The van der Waals surface area contributed by atoms with Crippen LogP contribution in [0.1, 0.15) is 24.7 Å². The standard InChI is InChI=1S/C13H14N2O2/c1-15-8-4-5-9(13(15)16)12-14-10-6-2-3-7-11(10)17-12/h2-3,6-7,9H,4-5,8H2,1H3. The first kappa shape index (κ1) is 10.3. The fourth-order valence-electron chi connectivity index (χ4n) is 2.30. The van der Waals surface area contributed by atoms with Gasteiger partial charge >= 0.3 is 0 Å². The smallest absolute Gasteiger partial charge is 0.234 e. The van der Waals surface area contributed by atoms with Crippen molar-refractivity contribution in [2.45, 2.75) is 18.8 Å². The van der Waals surface area contributed by atoms with Gasteiger partial charge in [-0.2, -0.15) is 0 Å². The molecule has 1 saturated heterocycles. The number of benzene rings is 1. The number of likely N-dealkylation sites (tertiary alicyclic amines) is 1. The Bertz CT molecular complexity index is 528. The van der Waals surface area contributed by atoms with Crippen molar-refractivity contribution in [3.8, 4) is 0 Å². The van der Waals surface area contributed by atoms with E-state index in [9.17, 15) is 4.79 Å². The normalized spacial score (nSPS) is 21.1. The van der Waals surface area contributed by atoms with Crippen LogP contribution in [0.15, 0.2) is 28.7 Å². The van der Waals surface area contributed by atoms with E-state index in [4.69, 9.17) is 4.42 Å².